The molecule has 0 aliphatic rings. The van der Waals surface area contributed by atoms with Crippen molar-refractivity contribution in [3.05, 3.63) is 71.8 Å². The van der Waals surface area contributed by atoms with Gasteiger partial charge < -0.3 is 14.6 Å². The fourth-order valence-electron chi connectivity index (χ4n) is 2.06. The first kappa shape index (κ1) is 21.2. The molecule has 0 heterocycles. The molecular formula is C20H16F4O4. The van der Waals surface area contributed by atoms with E-state index in [1.165, 1.54) is 13.8 Å². The summed E-state index contributed by atoms with van der Waals surface area (Å²) in [7, 11) is 0. The van der Waals surface area contributed by atoms with Crippen molar-refractivity contribution in [3.8, 4) is 22.6 Å². The number of esters is 1. The van der Waals surface area contributed by atoms with E-state index in [9.17, 15) is 27.5 Å². The monoisotopic (exact) mass is 396 g/mol. The van der Waals surface area contributed by atoms with Crippen LogP contribution in [0.1, 0.15) is 13.8 Å². The predicted octanol–water partition coefficient (Wildman–Crippen LogP) is 4.66. The van der Waals surface area contributed by atoms with Crippen molar-refractivity contribution >= 4 is 5.97 Å². The molecular weight excluding hydrogens is 380 g/mol. The van der Waals surface area contributed by atoms with Gasteiger partial charge in [-0.2, -0.15) is 4.39 Å². The molecule has 4 nitrogen and oxygen atoms in total. The summed E-state index contributed by atoms with van der Waals surface area (Å²) < 4.78 is 66.3. The molecule has 0 aliphatic carbocycles. The minimum Gasteiger partial charge on any atom is -0.458 e. The average molecular weight is 396 g/mol. The molecule has 0 aromatic heterocycles. The van der Waals surface area contributed by atoms with Crippen LogP contribution in [0.2, 0.25) is 0 Å². The second-order valence-electron chi connectivity index (χ2n) is 5.99. The number of aliphatic hydroxyl groups excluding tert-OH is 1. The van der Waals surface area contributed by atoms with E-state index >= 15 is 0 Å². The second kappa shape index (κ2) is 8.26. The molecule has 1 atom stereocenters. The lowest BCUT2D eigenvalue weighted by molar-refractivity contribution is -0.130. The topological polar surface area (TPSA) is 55.8 Å². The van der Waals surface area contributed by atoms with Gasteiger partial charge in [0.15, 0.2) is 23.2 Å². The van der Waals surface area contributed by atoms with Gasteiger partial charge in [0.25, 0.3) is 0 Å². The van der Waals surface area contributed by atoms with Crippen LogP contribution in [-0.2, 0) is 4.79 Å². The lowest BCUT2D eigenvalue weighted by Gasteiger charge is -2.15. The van der Waals surface area contributed by atoms with Crippen LogP contribution in [0.4, 0.5) is 17.6 Å². The standard InChI is InChI=1S/C20H16F4O4/c1-9(2)19(25)27-15-6-5-12(16(23)17(15)24)11-7-13(21)18(14(22)8-11)28-20(26)10(3)4/h5-8,19,25H,1,3H2,2,4H3. The normalized spacial score (nSPS) is 11.7. The molecule has 0 aliphatic heterocycles. The number of rotatable bonds is 6. The molecule has 0 amide bonds. The number of benzene rings is 2. The Morgan fingerprint density at radius 3 is 2.11 bits per heavy atom. The maximum Gasteiger partial charge on any atom is 0.338 e. The van der Waals surface area contributed by atoms with E-state index in [1.54, 1.807) is 0 Å². The summed E-state index contributed by atoms with van der Waals surface area (Å²) in [5.41, 5.74) is -0.727. The lowest BCUT2D eigenvalue weighted by atomic mass is 10.0. The number of hydrogen-bond donors (Lipinski definition) is 1. The van der Waals surface area contributed by atoms with E-state index in [0.717, 1.165) is 12.1 Å². The highest BCUT2D eigenvalue weighted by Gasteiger charge is 2.22. The number of hydrogen-bond acceptors (Lipinski definition) is 4. The van der Waals surface area contributed by atoms with Crippen LogP contribution >= 0.6 is 0 Å². The number of aliphatic hydroxyl groups is 1. The van der Waals surface area contributed by atoms with E-state index in [1.807, 2.05) is 0 Å². The van der Waals surface area contributed by atoms with E-state index in [0.29, 0.717) is 12.1 Å². The van der Waals surface area contributed by atoms with Gasteiger partial charge in [0.1, 0.15) is 0 Å². The molecule has 2 aromatic rings. The summed E-state index contributed by atoms with van der Waals surface area (Å²) in [5.74, 6) is -8.12. The largest absolute Gasteiger partial charge is 0.458 e. The van der Waals surface area contributed by atoms with E-state index in [4.69, 9.17) is 4.74 Å². The third-order valence-electron chi connectivity index (χ3n) is 3.56. The Morgan fingerprint density at radius 2 is 1.61 bits per heavy atom. The Balaban J connectivity index is 2.43. The van der Waals surface area contributed by atoms with Gasteiger partial charge in [0, 0.05) is 11.1 Å². The van der Waals surface area contributed by atoms with Crippen LogP contribution in [0.3, 0.4) is 0 Å². The van der Waals surface area contributed by atoms with Crippen molar-refractivity contribution in [3.63, 3.8) is 0 Å². The number of carbonyl (C=O) groups excluding carboxylic acids is 1. The van der Waals surface area contributed by atoms with Gasteiger partial charge in [-0.15, -0.1) is 0 Å². The van der Waals surface area contributed by atoms with E-state index in [2.05, 4.69) is 17.9 Å². The van der Waals surface area contributed by atoms with Crippen LogP contribution in [0.25, 0.3) is 11.1 Å². The highest BCUT2D eigenvalue weighted by Crippen LogP contribution is 2.34. The van der Waals surface area contributed by atoms with Crippen LogP contribution in [0.5, 0.6) is 11.5 Å². The Labute approximate surface area is 158 Å². The molecule has 2 rings (SSSR count). The van der Waals surface area contributed by atoms with Gasteiger partial charge in [0.2, 0.25) is 17.9 Å². The van der Waals surface area contributed by atoms with Gasteiger partial charge >= 0.3 is 5.97 Å². The fourth-order valence-corrected chi connectivity index (χ4v) is 2.06. The zero-order valence-electron chi connectivity index (χ0n) is 15.0. The Bertz CT molecular complexity index is 946. The highest BCUT2D eigenvalue weighted by molar-refractivity contribution is 5.89. The van der Waals surface area contributed by atoms with Crippen molar-refractivity contribution in [2.24, 2.45) is 0 Å². The molecule has 0 saturated heterocycles. The lowest BCUT2D eigenvalue weighted by Crippen LogP contribution is -2.17. The molecule has 0 saturated carbocycles. The first-order valence-corrected chi connectivity index (χ1v) is 7.88. The summed E-state index contributed by atoms with van der Waals surface area (Å²) >= 11 is 0. The average Bonchev–Trinajstić information content (AvgIpc) is 2.61. The zero-order chi connectivity index (χ0) is 21.2. The Kier molecular flexibility index (Phi) is 6.25. The molecule has 28 heavy (non-hydrogen) atoms. The smallest absolute Gasteiger partial charge is 0.338 e. The highest BCUT2D eigenvalue weighted by atomic mass is 19.2. The number of ether oxygens (including phenoxy) is 2. The van der Waals surface area contributed by atoms with Gasteiger partial charge in [-0.25, -0.2) is 18.0 Å². The second-order valence-corrected chi connectivity index (χ2v) is 5.99. The molecule has 1 N–H and O–H groups in total. The zero-order valence-corrected chi connectivity index (χ0v) is 15.0. The summed E-state index contributed by atoms with van der Waals surface area (Å²) in [5, 5.41) is 9.54. The van der Waals surface area contributed by atoms with Crippen LogP contribution < -0.4 is 9.47 Å². The van der Waals surface area contributed by atoms with Crippen LogP contribution in [0, 0.1) is 23.3 Å². The number of halogens is 4. The summed E-state index contributed by atoms with van der Waals surface area (Å²) in [6.07, 6.45) is -1.56. The van der Waals surface area contributed by atoms with Crippen molar-refractivity contribution in [2.75, 3.05) is 0 Å². The summed E-state index contributed by atoms with van der Waals surface area (Å²) in [4.78, 5) is 11.4. The van der Waals surface area contributed by atoms with E-state index < -0.39 is 52.6 Å². The third-order valence-corrected chi connectivity index (χ3v) is 3.56. The molecule has 0 radical (unpaired) electrons. The van der Waals surface area contributed by atoms with Gasteiger partial charge in [-0.3, -0.25) is 0 Å². The molecule has 148 valence electrons. The molecule has 8 heteroatoms. The summed E-state index contributed by atoms with van der Waals surface area (Å²) in [6.45, 7) is 9.41. The molecule has 0 spiro atoms. The van der Waals surface area contributed by atoms with Gasteiger partial charge in [-0.1, -0.05) is 13.2 Å². The maximum atomic E-state index is 14.4. The minimum atomic E-state index is -1.56. The van der Waals surface area contributed by atoms with Crippen molar-refractivity contribution < 1.29 is 36.9 Å². The SMILES string of the molecule is C=C(C)C(=O)Oc1c(F)cc(-c2ccc(OC(O)C(=C)C)c(F)c2F)cc1F. The first-order valence-electron chi connectivity index (χ1n) is 7.88. The first-order chi connectivity index (χ1) is 13.0. The van der Waals surface area contributed by atoms with Crippen molar-refractivity contribution in [1.82, 2.24) is 0 Å². The van der Waals surface area contributed by atoms with Gasteiger partial charge in [-0.05, 0) is 49.2 Å². The Morgan fingerprint density at radius 1 is 1.04 bits per heavy atom. The Hall–Kier alpha value is -3.13. The molecule has 2 aromatic carbocycles. The predicted molar refractivity (Wildman–Crippen MR) is 93.6 cm³/mol. The van der Waals surface area contributed by atoms with Crippen LogP contribution in [-0.4, -0.2) is 17.4 Å². The fraction of sp³-hybridized carbons (Fsp3) is 0.150. The summed E-state index contributed by atoms with van der Waals surface area (Å²) in [6, 6.07) is 3.38. The van der Waals surface area contributed by atoms with Crippen LogP contribution in [0.15, 0.2) is 48.6 Å². The van der Waals surface area contributed by atoms with Crippen molar-refractivity contribution in [1.29, 1.82) is 0 Å². The number of carbonyl (C=O) groups is 1. The molecule has 0 fully saturated rings. The minimum absolute atomic E-state index is 0.0801. The molecule has 1 unspecified atom stereocenters. The third kappa shape index (κ3) is 4.40. The maximum absolute atomic E-state index is 14.4. The van der Waals surface area contributed by atoms with E-state index in [-0.39, 0.29) is 16.7 Å². The van der Waals surface area contributed by atoms with Crippen molar-refractivity contribution in [2.45, 2.75) is 20.1 Å². The van der Waals surface area contributed by atoms with Gasteiger partial charge in [0.05, 0.1) is 0 Å². The molecule has 0 bridgehead atoms. The quantitative estimate of drug-likeness (QED) is 0.193.